The van der Waals surface area contributed by atoms with E-state index in [0.717, 1.165) is 42.6 Å². The molecule has 2 bridgehead atoms. The molecule has 5 rings (SSSR count). The molecule has 1 N–H and O–H groups in total. The number of ether oxygens (including phenoxy) is 6. The molecule has 0 radical (unpaired) electrons. The molecule has 4 heterocycles. The maximum absolute atomic E-state index is 13.2. The maximum Gasteiger partial charge on any atom is 0.330 e. The minimum absolute atomic E-state index is 0.0909. The normalized spacial score (nSPS) is 34.0. The minimum Gasteiger partial charge on any atom is -0.497 e. The zero-order chi connectivity index (χ0) is 32.5. The molecule has 46 heavy (non-hydrogen) atoms. The van der Waals surface area contributed by atoms with E-state index in [4.69, 9.17) is 28.4 Å². The average molecular weight is 635 g/mol. The summed E-state index contributed by atoms with van der Waals surface area (Å²) in [7, 11) is 1.63. The van der Waals surface area contributed by atoms with Gasteiger partial charge in [0.1, 0.15) is 24.1 Å². The molecule has 0 aliphatic carbocycles. The van der Waals surface area contributed by atoms with Gasteiger partial charge in [-0.1, -0.05) is 73.2 Å². The number of methoxy groups -OCH3 is 1. The van der Waals surface area contributed by atoms with E-state index in [-0.39, 0.29) is 30.5 Å². The lowest BCUT2D eigenvalue weighted by atomic mass is 9.91. The molecular weight excluding hydrogens is 584 g/mol. The Morgan fingerprint density at radius 2 is 1.91 bits per heavy atom. The Balaban J connectivity index is 1.36. The number of cyclic esters (lactones) is 1. The van der Waals surface area contributed by atoms with Crippen LogP contribution in [0.2, 0.25) is 0 Å². The first-order valence-electron chi connectivity index (χ1n) is 16.6. The Labute approximate surface area is 273 Å². The van der Waals surface area contributed by atoms with E-state index >= 15 is 0 Å². The van der Waals surface area contributed by atoms with Crippen molar-refractivity contribution < 1.29 is 38.3 Å². The van der Waals surface area contributed by atoms with Crippen molar-refractivity contribution in [2.75, 3.05) is 13.7 Å². The van der Waals surface area contributed by atoms with E-state index in [0.29, 0.717) is 38.4 Å². The predicted molar refractivity (Wildman–Crippen MR) is 176 cm³/mol. The number of fused-ring (bicyclic) bond motifs is 3. The fourth-order valence-corrected chi connectivity index (χ4v) is 6.52. The number of esters is 1. The van der Waals surface area contributed by atoms with Crippen molar-refractivity contribution in [3.8, 4) is 5.75 Å². The van der Waals surface area contributed by atoms with Gasteiger partial charge in [0.05, 0.1) is 50.8 Å². The number of aliphatic hydroxyl groups excluding tert-OH is 1. The molecule has 250 valence electrons. The molecule has 1 fully saturated rings. The van der Waals surface area contributed by atoms with E-state index in [1.807, 2.05) is 42.5 Å². The van der Waals surface area contributed by atoms with E-state index < -0.39 is 24.3 Å². The third-order valence-electron chi connectivity index (χ3n) is 9.02. The SMILES string of the molecule is C=C1C[C@H](C)C[C@@H]2CC=C[C@@H](C/C=C\C(=O)O[C@H]([C@H](/C=C/[C@@H]3CC(C)=CCO3)OCc3ccc(OC)cc3)C[C@@H]3O[C@H]3[C@@H](O)C1)O2. The monoisotopic (exact) mass is 634 g/mol. The Kier molecular flexibility index (Phi) is 12.5. The highest BCUT2D eigenvalue weighted by Crippen LogP contribution is 2.35. The van der Waals surface area contributed by atoms with Crippen molar-refractivity contribution in [2.45, 2.75) is 114 Å². The molecule has 1 saturated heterocycles. The highest BCUT2D eigenvalue weighted by atomic mass is 16.6. The third-order valence-corrected chi connectivity index (χ3v) is 9.02. The number of epoxide rings is 1. The van der Waals surface area contributed by atoms with Crippen molar-refractivity contribution in [3.05, 3.63) is 90.1 Å². The zero-order valence-corrected chi connectivity index (χ0v) is 27.4. The van der Waals surface area contributed by atoms with Crippen LogP contribution < -0.4 is 4.74 Å². The summed E-state index contributed by atoms with van der Waals surface area (Å²) in [5, 5.41) is 11.1. The topological polar surface area (TPSA) is 96.0 Å². The van der Waals surface area contributed by atoms with Gasteiger partial charge in [0.25, 0.3) is 0 Å². The number of hydrogen-bond acceptors (Lipinski definition) is 8. The van der Waals surface area contributed by atoms with Gasteiger partial charge in [0.15, 0.2) is 0 Å². The first-order chi connectivity index (χ1) is 22.2. The van der Waals surface area contributed by atoms with Crippen LogP contribution in [0.5, 0.6) is 5.75 Å². The van der Waals surface area contributed by atoms with E-state index in [9.17, 15) is 9.90 Å². The van der Waals surface area contributed by atoms with Crippen molar-refractivity contribution in [1.82, 2.24) is 0 Å². The first kappa shape index (κ1) is 34.3. The molecule has 0 amide bonds. The van der Waals surface area contributed by atoms with Gasteiger partial charge in [-0.15, -0.1) is 0 Å². The summed E-state index contributed by atoms with van der Waals surface area (Å²) >= 11 is 0. The molecule has 8 heteroatoms. The Morgan fingerprint density at radius 1 is 1.09 bits per heavy atom. The molecule has 9 atom stereocenters. The van der Waals surface area contributed by atoms with Crippen molar-refractivity contribution in [1.29, 1.82) is 0 Å². The Bertz CT molecular complexity index is 1280. The second kappa shape index (κ2) is 16.7. The van der Waals surface area contributed by atoms with Gasteiger partial charge in [-0.3, -0.25) is 0 Å². The summed E-state index contributed by atoms with van der Waals surface area (Å²) < 4.78 is 36.1. The highest BCUT2D eigenvalue weighted by molar-refractivity contribution is 5.82. The second-order valence-electron chi connectivity index (χ2n) is 13.2. The van der Waals surface area contributed by atoms with E-state index in [2.05, 4.69) is 38.7 Å². The fourth-order valence-electron chi connectivity index (χ4n) is 6.52. The molecular formula is C38H50O8. The molecule has 4 aliphatic heterocycles. The largest absolute Gasteiger partial charge is 0.497 e. The van der Waals surface area contributed by atoms with Crippen LogP contribution in [0.1, 0.15) is 64.4 Å². The summed E-state index contributed by atoms with van der Waals surface area (Å²) in [5.74, 6) is 0.686. The minimum atomic E-state index is -0.683. The van der Waals surface area contributed by atoms with Crippen LogP contribution in [0, 0.1) is 5.92 Å². The number of benzene rings is 1. The van der Waals surface area contributed by atoms with Gasteiger partial charge in [0, 0.05) is 12.5 Å². The fraction of sp³-hybridized carbons (Fsp3) is 0.553. The zero-order valence-electron chi connectivity index (χ0n) is 27.4. The van der Waals surface area contributed by atoms with Crippen molar-refractivity contribution >= 4 is 5.97 Å². The van der Waals surface area contributed by atoms with Gasteiger partial charge in [-0.25, -0.2) is 4.79 Å². The summed E-state index contributed by atoms with van der Waals surface area (Å²) in [5.41, 5.74) is 3.23. The Morgan fingerprint density at radius 3 is 2.70 bits per heavy atom. The number of carbonyl (C=O) groups is 1. The molecule has 4 aliphatic rings. The number of rotatable bonds is 7. The molecule has 8 nitrogen and oxygen atoms in total. The van der Waals surface area contributed by atoms with Gasteiger partial charge < -0.3 is 33.5 Å². The third kappa shape index (κ3) is 10.5. The molecule has 0 spiro atoms. The molecule has 0 saturated carbocycles. The standard InChI is InChI=1S/C38H50O8/c1-25-17-18-42-31(20-25)15-16-34(43-24-28-11-13-29(41-4)14-12-28)35-23-36-38(46-36)33(39)22-27(3)19-26(2)21-32-9-5-7-30(44-32)8-6-10-37(40)45-35/h5-7,10-17,26,30-36,38-39H,3,8-9,18-24H2,1-2,4H3/b10-6-,16-15+/t26-,30-,31+,32-,33-,34-,35-,36-,38-/m0/s1. The molecule has 1 aromatic rings. The van der Waals surface area contributed by atoms with Crippen LogP contribution >= 0.6 is 0 Å². The number of aliphatic hydroxyl groups is 1. The van der Waals surface area contributed by atoms with Crippen LogP contribution in [0.3, 0.4) is 0 Å². The average Bonchev–Trinajstić information content (AvgIpc) is 3.80. The smallest absolute Gasteiger partial charge is 0.330 e. The van der Waals surface area contributed by atoms with Gasteiger partial charge in [0.2, 0.25) is 0 Å². The molecule has 0 aromatic heterocycles. The van der Waals surface area contributed by atoms with Crippen molar-refractivity contribution in [2.24, 2.45) is 5.92 Å². The predicted octanol–water partition coefficient (Wildman–Crippen LogP) is 6.34. The van der Waals surface area contributed by atoms with Crippen LogP contribution in [-0.2, 0) is 35.1 Å². The number of hydrogen-bond donors (Lipinski definition) is 1. The lowest BCUT2D eigenvalue weighted by molar-refractivity contribution is -0.150. The van der Waals surface area contributed by atoms with E-state index in [1.54, 1.807) is 7.11 Å². The van der Waals surface area contributed by atoms with Gasteiger partial charge in [-0.2, -0.15) is 0 Å². The highest BCUT2D eigenvalue weighted by Gasteiger charge is 2.47. The summed E-state index contributed by atoms with van der Waals surface area (Å²) in [4.78, 5) is 13.2. The lowest BCUT2D eigenvalue weighted by Gasteiger charge is -2.28. The first-order valence-corrected chi connectivity index (χ1v) is 16.6. The van der Waals surface area contributed by atoms with Gasteiger partial charge >= 0.3 is 5.97 Å². The molecule has 1 aromatic carbocycles. The van der Waals surface area contributed by atoms with Crippen LogP contribution in [-0.4, -0.2) is 73.6 Å². The maximum atomic E-state index is 13.2. The lowest BCUT2D eigenvalue weighted by Crippen LogP contribution is -2.34. The summed E-state index contributed by atoms with van der Waals surface area (Å²) in [6.45, 7) is 9.43. The number of carbonyl (C=O) groups excluding carboxylic acids is 1. The quantitative estimate of drug-likeness (QED) is 0.211. The van der Waals surface area contributed by atoms with E-state index in [1.165, 1.54) is 11.6 Å². The second-order valence-corrected chi connectivity index (χ2v) is 13.2. The molecule has 0 unspecified atom stereocenters. The van der Waals surface area contributed by atoms with Crippen molar-refractivity contribution in [3.63, 3.8) is 0 Å². The summed E-state index contributed by atoms with van der Waals surface area (Å²) in [6, 6.07) is 7.68. The van der Waals surface area contributed by atoms with Crippen LogP contribution in [0.25, 0.3) is 0 Å². The van der Waals surface area contributed by atoms with Crippen LogP contribution in [0.4, 0.5) is 0 Å². The van der Waals surface area contributed by atoms with Gasteiger partial charge in [-0.05, 0) is 69.1 Å². The summed E-state index contributed by atoms with van der Waals surface area (Å²) in [6.07, 6.45) is 15.8. The van der Waals surface area contributed by atoms with Crippen LogP contribution in [0.15, 0.2) is 84.5 Å². The Hall–Kier alpha value is -3.01.